The smallest absolute Gasteiger partial charge is 0.155 e. The van der Waals surface area contributed by atoms with E-state index in [4.69, 9.17) is 10.5 Å². The zero-order chi connectivity index (χ0) is 18.0. The van der Waals surface area contributed by atoms with E-state index in [-0.39, 0.29) is 19.2 Å². The summed E-state index contributed by atoms with van der Waals surface area (Å²) in [5, 5.41) is 9.57. The summed E-state index contributed by atoms with van der Waals surface area (Å²) in [6, 6.07) is 7.36. The number of nitrogens with one attached hydrogen (secondary N) is 1. The summed E-state index contributed by atoms with van der Waals surface area (Å²) >= 11 is 0. The third kappa shape index (κ3) is 3.76. The molecule has 3 N–H and O–H groups in total. The number of rotatable bonds is 7. The standard InChI is InChI=1S/C18H24F2N4O/c1-12(2)24-17(18(20)7-8-18)22-16(23-24)14-3-5-15(6-4-14)25-11-13(9-19)10-21/h3-6,9,12,17H,7-8,10-11,21H2,1-2H3,(H,22,23)/b13-9+. The molecule has 5 nitrogen and oxygen atoms in total. The molecule has 1 aliphatic heterocycles. The van der Waals surface area contributed by atoms with E-state index in [1.54, 1.807) is 17.1 Å². The number of hydrazone groups is 1. The highest BCUT2D eigenvalue weighted by Crippen LogP contribution is 2.45. The molecule has 1 aliphatic carbocycles. The van der Waals surface area contributed by atoms with Crippen LogP contribution in [-0.2, 0) is 0 Å². The number of ether oxygens (including phenoxy) is 1. The number of nitrogens with zero attached hydrogens (tertiary/aromatic N) is 2. The fourth-order valence-corrected chi connectivity index (χ4v) is 2.73. The predicted octanol–water partition coefficient (Wildman–Crippen LogP) is 2.68. The van der Waals surface area contributed by atoms with E-state index in [2.05, 4.69) is 10.4 Å². The second kappa shape index (κ2) is 7.00. The molecule has 3 rings (SSSR count). The molecular weight excluding hydrogens is 326 g/mol. The number of hydrogen-bond donors (Lipinski definition) is 2. The lowest BCUT2D eigenvalue weighted by Gasteiger charge is -2.29. The van der Waals surface area contributed by atoms with Gasteiger partial charge in [-0.3, -0.25) is 5.01 Å². The first-order valence-corrected chi connectivity index (χ1v) is 8.50. The maximum Gasteiger partial charge on any atom is 0.155 e. The van der Waals surface area contributed by atoms with Crippen molar-refractivity contribution in [1.82, 2.24) is 10.3 Å². The summed E-state index contributed by atoms with van der Waals surface area (Å²) in [5.41, 5.74) is 5.44. The lowest BCUT2D eigenvalue weighted by atomic mass is 10.2. The summed E-state index contributed by atoms with van der Waals surface area (Å²) in [5.74, 6) is 1.26. The SMILES string of the molecule is CC(C)N1N=C(c2ccc(OC/C(=C/F)CN)cc2)NC1C1(F)CC1. The zero-order valence-electron chi connectivity index (χ0n) is 14.5. The Morgan fingerprint density at radius 3 is 2.64 bits per heavy atom. The number of amidine groups is 1. The van der Waals surface area contributed by atoms with Crippen LogP contribution in [0.2, 0.25) is 0 Å². The molecule has 2 aliphatic rings. The molecule has 1 aromatic carbocycles. The number of hydrogen-bond acceptors (Lipinski definition) is 5. The highest BCUT2D eigenvalue weighted by atomic mass is 19.1. The fraction of sp³-hybridized carbons (Fsp3) is 0.500. The minimum Gasteiger partial charge on any atom is -0.489 e. The summed E-state index contributed by atoms with van der Waals surface area (Å²) in [7, 11) is 0. The van der Waals surface area contributed by atoms with E-state index in [0.29, 0.717) is 36.3 Å². The van der Waals surface area contributed by atoms with Gasteiger partial charge in [-0.1, -0.05) is 0 Å². The maximum atomic E-state index is 14.6. The van der Waals surface area contributed by atoms with Gasteiger partial charge in [0.1, 0.15) is 12.4 Å². The molecule has 1 atom stereocenters. The molecular formula is C18H24F2N4O. The first-order valence-electron chi connectivity index (χ1n) is 8.50. The van der Waals surface area contributed by atoms with Crippen LogP contribution in [0.25, 0.3) is 0 Å². The second-order valence-electron chi connectivity index (χ2n) is 6.79. The molecule has 1 heterocycles. The lowest BCUT2D eigenvalue weighted by Crippen LogP contribution is -2.49. The maximum absolute atomic E-state index is 14.6. The molecule has 7 heteroatoms. The molecule has 1 fully saturated rings. The minimum absolute atomic E-state index is 0.105. The summed E-state index contributed by atoms with van der Waals surface area (Å²) < 4.78 is 32.5. The summed E-state index contributed by atoms with van der Waals surface area (Å²) in [6.45, 7) is 4.22. The molecule has 0 amide bonds. The van der Waals surface area contributed by atoms with Crippen molar-refractivity contribution in [2.45, 2.75) is 44.6 Å². The molecule has 0 bridgehead atoms. The minimum atomic E-state index is -1.20. The first kappa shape index (κ1) is 17.7. The van der Waals surface area contributed by atoms with Crippen molar-refractivity contribution in [3.8, 4) is 5.75 Å². The van der Waals surface area contributed by atoms with Crippen LogP contribution < -0.4 is 15.8 Å². The Hall–Kier alpha value is -2.15. The normalized spacial score (nSPS) is 22.0. The lowest BCUT2D eigenvalue weighted by molar-refractivity contribution is 0.0781. The van der Waals surface area contributed by atoms with Crippen LogP contribution >= 0.6 is 0 Å². The Morgan fingerprint density at radius 2 is 2.12 bits per heavy atom. The fourth-order valence-electron chi connectivity index (χ4n) is 2.73. The Morgan fingerprint density at radius 1 is 1.44 bits per heavy atom. The second-order valence-corrected chi connectivity index (χ2v) is 6.79. The average Bonchev–Trinajstić information content (AvgIpc) is 3.19. The highest BCUT2D eigenvalue weighted by Gasteiger charge is 2.55. The van der Waals surface area contributed by atoms with Crippen molar-refractivity contribution in [2.24, 2.45) is 10.8 Å². The molecule has 1 saturated carbocycles. The van der Waals surface area contributed by atoms with Crippen LogP contribution in [0.5, 0.6) is 5.75 Å². The van der Waals surface area contributed by atoms with Crippen molar-refractivity contribution in [3.05, 3.63) is 41.7 Å². The highest BCUT2D eigenvalue weighted by molar-refractivity contribution is 5.99. The van der Waals surface area contributed by atoms with Gasteiger partial charge < -0.3 is 15.8 Å². The molecule has 1 unspecified atom stereocenters. The van der Waals surface area contributed by atoms with Gasteiger partial charge in [0.05, 0.1) is 6.33 Å². The number of halogens is 2. The number of nitrogens with two attached hydrogens (primary N) is 1. The first-order chi connectivity index (χ1) is 12.0. The zero-order valence-corrected chi connectivity index (χ0v) is 14.5. The number of benzene rings is 1. The molecule has 0 saturated heterocycles. The molecule has 0 aromatic heterocycles. The molecule has 0 spiro atoms. The van der Waals surface area contributed by atoms with Gasteiger partial charge >= 0.3 is 0 Å². The summed E-state index contributed by atoms with van der Waals surface area (Å²) in [4.78, 5) is 0. The van der Waals surface area contributed by atoms with Gasteiger partial charge in [-0.25, -0.2) is 8.78 Å². The van der Waals surface area contributed by atoms with E-state index in [1.165, 1.54) is 0 Å². The number of alkyl halides is 1. The van der Waals surface area contributed by atoms with E-state index >= 15 is 0 Å². The largest absolute Gasteiger partial charge is 0.489 e. The van der Waals surface area contributed by atoms with Gasteiger partial charge in [-0.15, -0.1) is 0 Å². The van der Waals surface area contributed by atoms with Crippen LogP contribution in [0, 0.1) is 0 Å². The third-order valence-corrected chi connectivity index (χ3v) is 4.47. The van der Waals surface area contributed by atoms with Crippen LogP contribution in [-0.4, -0.2) is 41.9 Å². The molecule has 1 aromatic rings. The van der Waals surface area contributed by atoms with Crippen molar-refractivity contribution in [1.29, 1.82) is 0 Å². The van der Waals surface area contributed by atoms with Gasteiger partial charge in [0, 0.05) is 23.7 Å². The van der Waals surface area contributed by atoms with Crippen molar-refractivity contribution in [2.75, 3.05) is 13.2 Å². The van der Waals surface area contributed by atoms with Crippen LogP contribution in [0.1, 0.15) is 32.3 Å². The van der Waals surface area contributed by atoms with Gasteiger partial charge in [0.25, 0.3) is 0 Å². The van der Waals surface area contributed by atoms with Crippen molar-refractivity contribution < 1.29 is 13.5 Å². The van der Waals surface area contributed by atoms with Gasteiger partial charge in [0.15, 0.2) is 17.7 Å². The Kier molecular flexibility index (Phi) is 4.94. The predicted molar refractivity (Wildman–Crippen MR) is 93.7 cm³/mol. The Bertz CT molecular complexity index is 668. The third-order valence-electron chi connectivity index (χ3n) is 4.47. The van der Waals surface area contributed by atoms with E-state index in [9.17, 15) is 8.78 Å². The summed E-state index contributed by atoms with van der Waals surface area (Å²) in [6.07, 6.45) is 1.18. The van der Waals surface area contributed by atoms with Gasteiger partial charge in [0.2, 0.25) is 0 Å². The topological polar surface area (TPSA) is 62.9 Å². The van der Waals surface area contributed by atoms with Crippen molar-refractivity contribution in [3.63, 3.8) is 0 Å². The Balaban J connectivity index is 1.69. The van der Waals surface area contributed by atoms with E-state index in [0.717, 1.165) is 5.56 Å². The van der Waals surface area contributed by atoms with Crippen LogP contribution in [0.15, 0.2) is 41.3 Å². The molecule has 0 radical (unpaired) electrons. The van der Waals surface area contributed by atoms with Gasteiger partial charge in [-0.2, -0.15) is 5.10 Å². The van der Waals surface area contributed by atoms with Crippen LogP contribution in [0.3, 0.4) is 0 Å². The molecule has 25 heavy (non-hydrogen) atoms. The van der Waals surface area contributed by atoms with Crippen LogP contribution in [0.4, 0.5) is 8.78 Å². The van der Waals surface area contributed by atoms with Crippen molar-refractivity contribution >= 4 is 5.84 Å². The quantitative estimate of drug-likeness (QED) is 0.794. The average molecular weight is 350 g/mol. The molecule has 136 valence electrons. The monoisotopic (exact) mass is 350 g/mol. The Labute approximate surface area is 146 Å². The van der Waals surface area contributed by atoms with E-state index in [1.807, 2.05) is 26.0 Å². The van der Waals surface area contributed by atoms with Gasteiger partial charge in [-0.05, 0) is 51.0 Å². The van der Waals surface area contributed by atoms with E-state index < -0.39 is 11.8 Å².